The molecular formula is C30H32N3O2PSi. The van der Waals surface area contributed by atoms with E-state index in [2.05, 4.69) is 29.6 Å². The Balaban J connectivity index is 1.73. The van der Waals surface area contributed by atoms with Crippen molar-refractivity contribution in [2.45, 2.75) is 32.4 Å². The van der Waals surface area contributed by atoms with Crippen LogP contribution in [0.4, 0.5) is 0 Å². The molecule has 0 unspecified atom stereocenters. The van der Waals surface area contributed by atoms with Crippen molar-refractivity contribution >= 4 is 42.3 Å². The lowest BCUT2D eigenvalue weighted by Gasteiger charge is -2.22. The molecule has 5 aromatic rings. The summed E-state index contributed by atoms with van der Waals surface area (Å²) < 4.78 is 23.6. The van der Waals surface area contributed by atoms with Gasteiger partial charge in [-0.2, -0.15) is 0 Å². The molecule has 0 spiro atoms. The van der Waals surface area contributed by atoms with Crippen LogP contribution >= 0.6 is 7.14 Å². The molecule has 0 saturated carbocycles. The topological polar surface area (TPSA) is 57.0 Å². The summed E-state index contributed by atoms with van der Waals surface area (Å²) in [4.78, 5) is 9.31. The van der Waals surface area contributed by atoms with Crippen LogP contribution in [0.5, 0.6) is 0 Å². The van der Waals surface area contributed by atoms with Gasteiger partial charge in [-0.05, 0) is 12.1 Å². The smallest absolute Gasteiger partial charge is 0.186 e. The van der Waals surface area contributed by atoms with Gasteiger partial charge in [0, 0.05) is 36.2 Å². The summed E-state index contributed by atoms with van der Waals surface area (Å²) in [7, 11) is -4.51. The molecule has 0 bridgehead atoms. The number of nitrogens with zero attached hydrogens (tertiary/aromatic N) is 3. The van der Waals surface area contributed by atoms with Crippen LogP contribution in [-0.2, 0) is 16.0 Å². The van der Waals surface area contributed by atoms with Gasteiger partial charge in [0.2, 0.25) is 0 Å². The van der Waals surface area contributed by atoms with E-state index < -0.39 is 15.2 Å². The third-order valence-corrected chi connectivity index (χ3v) is 11.3. The lowest BCUT2D eigenvalue weighted by atomic mass is 10.1. The molecule has 0 atom stereocenters. The second-order valence-electron chi connectivity index (χ2n) is 10.4. The Morgan fingerprint density at radius 2 is 1.38 bits per heavy atom. The highest BCUT2D eigenvalue weighted by molar-refractivity contribution is 7.85. The average molecular weight is 526 g/mol. The largest absolute Gasteiger partial charge is 0.361 e. The minimum Gasteiger partial charge on any atom is -0.361 e. The van der Waals surface area contributed by atoms with E-state index >= 15 is 4.57 Å². The van der Waals surface area contributed by atoms with E-state index in [9.17, 15) is 0 Å². The van der Waals surface area contributed by atoms with Crippen molar-refractivity contribution in [2.24, 2.45) is 0 Å². The van der Waals surface area contributed by atoms with Gasteiger partial charge in [-0.15, -0.1) is 0 Å². The Hall–Kier alpha value is -3.31. The number of rotatable bonds is 9. The van der Waals surface area contributed by atoms with Gasteiger partial charge in [0.1, 0.15) is 18.7 Å². The van der Waals surface area contributed by atoms with Crippen LogP contribution < -0.4 is 16.0 Å². The molecular weight excluding hydrogens is 493 g/mol. The Labute approximate surface area is 219 Å². The highest BCUT2D eigenvalue weighted by Gasteiger charge is 2.34. The summed E-state index contributed by atoms with van der Waals surface area (Å²) >= 11 is 0. The van der Waals surface area contributed by atoms with E-state index in [1.54, 1.807) is 6.33 Å². The number of ether oxygens (including phenoxy) is 1. The molecule has 2 aromatic heterocycles. The number of aromatic nitrogens is 3. The first-order valence-corrected chi connectivity index (χ1v) is 18.0. The molecule has 188 valence electrons. The zero-order valence-electron chi connectivity index (χ0n) is 21.5. The third-order valence-electron chi connectivity index (χ3n) is 6.49. The Morgan fingerprint density at radius 1 is 0.811 bits per heavy atom. The minimum atomic E-state index is -3.26. The number of hydrogen-bond acceptors (Lipinski definition) is 4. The quantitative estimate of drug-likeness (QED) is 0.134. The van der Waals surface area contributed by atoms with Crippen LogP contribution in [0.2, 0.25) is 25.7 Å². The van der Waals surface area contributed by atoms with E-state index in [1.165, 1.54) is 0 Å². The van der Waals surface area contributed by atoms with Crippen LogP contribution in [-0.4, -0.2) is 29.2 Å². The SMILES string of the molecule is C[Si](C)(C)CCOCn1c(P(=O)(c2ccccc2)c2ccccc2)cc2c(-c3ccccc3)ncnc21. The molecule has 0 aliphatic carbocycles. The highest BCUT2D eigenvalue weighted by atomic mass is 31.2. The van der Waals surface area contributed by atoms with E-state index in [1.807, 2.05) is 102 Å². The first kappa shape index (κ1) is 25.3. The molecule has 0 fully saturated rings. The molecule has 2 heterocycles. The maximum atomic E-state index is 15.3. The van der Waals surface area contributed by atoms with Crippen molar-refractivity contribution in [3.63, 3.8) is 0 Å². The molecule has 3 aromatic carbocycles. The van der Waals surface area contributed by atoms with Gasteiger partial charge in [0.05, 0.1) is 11.1 Å². The van der Waals surface area contributed by atoms with Crippen LogP contribution in [0.25, 0.3) is 22.3 Å². The molecule has 5 nitrogen and oxygen atoms in total. The minimum absolute atomic E-state index is 0.276. The fourth-order valence-electron chi connectivity index (χ4n) is 4.49. The monoisotopic (exact) mass is 525 g/mol. The van der Waals surface area contributed by atoms with Crippen LogP contribution in [0, 0.1) is 0 Å². The third kappa shape index (κ3) is 5.23. The predicted molar refractivity (Wildman–Crippen MR) is 156 cm³/mol. The van der Waals surface area contributed by atoms with Gasteiger partial charge in [-0.1, -0.05) is 111 Å². The zero-order valence-corrected chi connectivity index (χ0v) is 23.4. The Morgan fingerprint density at radius 3 is 1.95 bits per heavy atom. The van der Waals surface area contributed by atoms with Crippen LogP contribution in [0.3, 0.4) is 0 Å². The summed E-state index contributed by atoms with van der Waals surface area (Å²) in [6.07, 6.45) is 1.59. The van der Waals surface area contributed by atoms with E-state index in [-0.39, 0.29) is 6.73 Å². The maximum absolute atomic E-state index is 15.3. The van der Waals surface area contributed by atoms with Gasteiger partial charge in [-0.3, -0.25) is 4.57 Å². The molecule has 5 rings (SSSR count). The molecule has 0 amide bonds. The van der Waals surface area contributed by atoms with Crippen LogP contribution in [0.15, 0.2) is 103 Å². The first-order valence-electron chi connectivity index (χ1n) is 12.6. The van der Waals surface area contributed by atoms with Crippen molar-refractivity contribution in [1.29, 1.82) is 0 Å². The van der Waals surface area contributed by atoms with Gasteiger partial charge < -0.3 is 9.30 Å². The zero-order chi connectivity index (χ0) is 25.9. The second kappa shape index (κ2) is 10.6. The molecule has 0 N–H and O–H groups in total. The van der Waals surface area contributed by atoms with Crippen molar-refractivity contribution in [1.82, 2.24) is 14.5 Å². The standard InChI is InChI=1S/C30H32N3O2PSi/c1-37(2,3)20-19-35-23-33-28(21-27-29(31-22-32-30(27)33)24-13-7-4-8-14-24)36(34,25-15-9-5-10-16-25)26-17-11-6-12-18-26/h4-18,21-22H,19-20,23H2,1-3H3. The van der Waals surface area contributed by atoms with E-state index in [0.717, 1.165) is 38.9 Å². The highest BCUT2D eigenvalue weighted by Crippen LogP contribution is 2.44. The normalized spacial score (nSPS) is 12.2. The summed E-state index contributed by atoms with van der Waals surface area (Å²) in [5, 5.41) is 2.42. The Kier molecular flexibility index (Phi) is 7.25. The summed E-state index contributed by atoms with van der Waals surface area (Å²) in [6, 6.07) is 32.6. The molecule has 0 saturated heterocycles. The Bertz CT molecular complexity index is 1490. The molecule has 37 heavy (non-hydrogen) atoms. The molecule has 0 aliphatic heterocycles. The van der Waals surface area contributed by atoms with E-state index in [4.69, 9.17) is 4.74 Å². The number of hydrogen-bond donors (Lipinski definition) is 0. The lowest BCUT2D eigenvalue weighted by Crippen LogP contribution is -2.31. The van der Waals surface area contributed by atoms with Crippen molar-refractivity contribution in [3.05, 3.63) is 103 Å². The molecule has 0 aliphatic rings. The van der Waals surface area contributed by atoms with Crippen LogP contribution in [0.1, 0.15) is 0 Å². The van der Waals surface area contributed by atoms with Crippen molar-refractivity contribution in [2.75, 3.05) is 6.61 Å². The maximum Gasteiger partial charge on any atom is 0.186 e. The van der Waals surface area contributed by atoms with Gasteiger partial charge in [-0.25, -0.2) is 9.97 Å². The number of fused-ring (bicyclic) bond motifs is 1. The van der Waals surface area contributed by atoms with Crippen molar-refractivity contribution in [3.8, 4) is 11.3 Å². The molecule has 0 radical (unpaired) electrons. The second-order valence-corrected chi connectivity index (χ2v) is 18.7. The van der Waals surface area contributed by atoms with Crippen molar-refractivity contribution < 1.29 is 9.30 Å². The summed E-state index contributed by atoms with van der Waals surface area (Å²) in [6.45, 7) is 7.95. The summed E-state index contributed by atoms with van der Waals surface area (Å²) in [5.41, 5.74) is 3.24. The van der Waals surface area contributed by atoms with Gasteiger partial charge in [0.15, 0.2) is 7.14 Å². The fourth-order valence-corrected chi connectivity index (χ4v) is 8.06. The summed E-state index contributed by atoms with van der Waals surface area (Å²) in [5.74, 6) is 0. The van der Waals surface area contributed by atoms with E-state index in [0.29, 0.717) is 12.0 Å². The molecule has 7 heteroatoms. The van der Waals surface area contributed by atoms with Gasteiger partial charge >= 0.3 is 0 Å². The average Bonchev–Trinajstić information content (AvgIpc) is 3.31. The fraction of sp³-hybridized carbons (Fsp3) is 0.200. The lowest BCUT2D eigenvalue weighted by molar-refractivity contribution is 0.0917. The number of benzene rings is 3. The predicted octanol–water partition coefficient (Wildman–Crippen LogP) is 6.05. The van der Waals surface area contributed by atoms with Gasteiger partial charge in [0.25, 0.3) is 0 Å². The first-order chi connectivity index (χ1) is 17.9.